The Labute approximate surface area is 120 Å². The molecule has 98 valence electrons. The summed E-state index contributed by atoms with van der Waals surface area (Å²) >= 11 is 8.13. The lowest BCUT2D eigenvalue weighted by Gasteiger charge is -2.20. The van der Waals surface area contributed by atoms with Crippen molar-refractivity contribution >= 4 is 38.8 Å². The maximum absolute atomic E-state index is 14.3. The molecule has 0 amide bonds. The fraction of sp³-hybridized carbons (Fsp3) is 0.462. The number of benzene rings is 1. The van der Waals surface area contributed by atoms with E-state index in [9.17, 15) is 4.39 Å². The summed E-state index contributed by atoms with van der Waals surface area (Å²) < 4.78 is 14.7. The van der Waals surface area contributed by atoms with Gasteiger partial charge in [-0.05, 0) is 40.4 Å². The van der Waals surface area contributed by atoms with E-state index in [0.717, 1.165) is 25.9 Å². The van der Waals surface area contributed by atoms with Crippen molar-refractivity contribution in [2.45, 2.75) is 19.8 Å². The minimum atomic E-state index is -0.267. The molecule has 2 nitrogen and oxygen atoms in total. The Bertz CT molecular complexity index is 478. The molecular formula is C13H16BrFN2S. The van der Waals surface area contributed by atoms with Crippen LogP contribution < -0.4 is 10.6 Å². The van der Waals surface area contributed by atoms with Crippen molar-refractivity contribution in [3.05, 3.63) is 28.0 Å². The van der Waals surface area contributed by atoms with Gasteiger partial charge in [0.15, 0.2) is 5.82 Å². The number of hydrogen-bond acceptors (Lipinski definition) is 2. The van der Waals surface area contributed by atoms with E-state index in [1.165, 1.54) is 0 Å². The Morgan fingerprint density at radius 3 is 2.89 bits per heavy atom. The summed E-state index contributed by atoms with van der Waals surface area (Å²) in [5.41, 5.74) is 6.74. The molecule has 1 atom stereocenters. The summed E-state index contributed by atoms with van der Waals surface area (Å²) in [5.74, 6) is 0.399. The van der Waals surface area contributed by atoms with Crippen molar-refractivity contribution in [1.82, 2.24) is 0 Å². The van der Waals surface area contributed by atoms with Gasteiger partial charge < -0.3 is 10.6 Å². The van der Waals surface area contributed by atoms with Gasteiger partial charge in [-0.3, -0.25) is 0 Å². The van der Waals surface area contributed by atoms with Crippen molar-refractivity contribution in [3.8, 4) is 0 Å². The Morgan fingerprint density at radius 1 is 1.61 bits per heavy atom. The molecule has 2 N–H and O–H groups in total. The molecule has 1 unspecified atom stereocenters. The third-order valence-corrected chi connectivity index (χ3v) is 4.53. The van der Waals surface area contributed by atoms with E-state index >= 15 is 0 Å². The Hall–Kier alpha value is -0.680. The van der Waals surface area contributed by atoms with E-state index in [0.29, 0.717) is 21.6 Å². The van der Waals surface area contributed by atoms with Crippen LogP contribution in [0.15, 0.2) is 16.6 Å². The Kier molecular flexibility index (Phi) is 4.22. The second kappa shape index (κ2) is 5.53. The molecule has 1 aliphatic heterocycles. The van der Waals surface area contributed by atoms with Crippen molar-refractivity contribution in [1.29, 1.82) is 0 Å². The fourth-order valence-corrected chi connectivity index (χ4v) is 3.21. The minimum absolute atomic E-state index is 0.209. The van der Waals surface area contributed by atoms with E-state index in [1.54, 1.807) is 12.1 Å². The lowest BCUT2D eigenvalue weighted by atomic mass is 10.1. The van der Waals surface area contributed by atoms with Gasteiger partial charge in [0, 0.05) is 18.7 Å². The van der Waals surface area contributed by atoms with Crippen LogP contribution in [0.4, 0.5) is 10.1 Å². The van der Waals surface area contributed by atoms with Gasteiger partial charge in [-0.2, -0.15) is 0 Å². The number of nitrogens with two attached hydrogens (primary N) is 1. The van der Waals surface area contributed by atoms with E-state index in [-0.39, 0.29) is 10.8 Å². The number of halogens is 2. The number of thiocarbonyl (C=S) groups is 1. The molecule has 1 saturated heterocycles. The lowest BCUT2D eigenvalue weighted by molar-refractivity contribution is 0.566. The number of anilines is 1. The molecule has 1 aromatic carbocycles. The van der Waals surface area contributed by atoms with E-state index in [1.807, 2.05) is 0 Å². The highest BCUT2D eigenvalue weighted by Gasteiger charge is 2.24. The average Bonchev–Trinajstić information content (AvgIpc) is 2.80. The van der Waals surface area contributed by atoms with Gasteiger partial charge in [0.25, 0.3) is 0 Å². The Balaban J connectivity index is 2.30. The largest absolute Gasteiger partial charge is 0.389 e. The number of nitrogens with zero attached hydrogens (tertiary/aromatic N) is 1. The summed E-state index contributed by atoms with van der Waals surface area (Å²) in [5, 5.41) is 0. The molecule has 1 aromatic rings. The molecule has 1 heterocycles. The molecule has 0 bridgehead atoms. The normalized spacial score (nSPS) is 19.3. The molecule has 1 fully saturated rings. The van der Waals surface area contributed by atoms with E-state index in [2.05, 4.69) is 27.8 Å². The average molecular weight is 331 g/mol. The molecule has 2 rings (SSSR count). The SMILES string of the molecule is CCC1CCN(c2ccc(C(N)=S)c(Br)c2F)C1. The first kappa shape index (κ1) is 13.7. The smallest absolute Gasteiger partial charge is 0.161 e. The molecule has 0 aromatic heterocycles. The van der Waals surface area contributed by atoms with Gasteiger partial charge >= 0.3 is 0 Å². The maximum Gasteiger partial charge on any atom is 0.161 e. The highest BCUT2D eigenvalue weighted by Crippen LogP contribution is 2.33. The molecule has 0 spiro atoms. The molecule has 0 saturated carbocycles. The third kappa shape index (κ3) is 2.52. The summed E-state index contributed by atoms with van der Waals surface area (Å²) in [6.45, 7) is 4.01. The van der Waals surface area contributed by atoms with Crippen LogP contribution in [0.3, 0.4) is 0 Å². The zero-order chi connectivity index (χ0) is 13.3. The maximum atomic E-state index is 14.3. The predicted molar refractivity (Wildman–Crippen MR) is 80.6 cm³/mol. The van der Waals surface area contributed by atoms with E-state index < -0.39 is 0 Å². The second-order valence-electron chi connectivity index (χ2n) is 4.63. The monoisotopic (exact) mass is 330 g/mol. The van der Waals surface area contributed by atoms with Crippen LogP contribution in [0.25, 0.3) is 0 Å². The summed E-state index contributed by atoms with van der Waals surface area (Å²) in [7, 11) is 0. The number of hydrogen-bond donors (Lipinski definition) is 1. The minimum Gasteiger partial charge on any atom is -0.389 e. The fourth-order valence-electron chi connectivity index (χ4n) is 2.36. The van der Waals surface area contributed by atoms with Crippen molar-refractivity contribution in [2.75, 3.05) is 18.0 Å². The topological polar surface area (TPSA) is 29.3 Å². The quantitative estimate of drug-likeness (QED) is 0.860. The van der Waals surface area contributed by atoms with Crippen molar-refractivity contribution in [2.24, 2.45) is 11.7 Å². The summed E-state index contributed by atoms with van der Waals surface area (Å²) in [4.78, 5) is 2.30. The van der Waals surface area contributed by atoms with Gasteiger partial charge in [-0.25, -0.2) is 4.39 Å². The summed E-state index contributed by atoms with van der Waals surface area (Å²) in [6, 6.07) is 3.55. The van der Waals surface area contributed by atoms with Crippen LogP contribution in [0.2, 0.25) is 0 Å². The second-order valence-corrected chi connectivity index (χ2v) is 5.87. The molecule has 0 radical (unpaired) electrons. The van der Waals surface area contributed by atoms with Crippen LogP contribution in [-0.4, -0.2) is 18.1 Å². The standard InChI is InChI=1S/C13H16BrFN2S/c1-2-8-5-6-17(7-8)10-4-3-9(13(16)18)11(14)12(10)15/h3-4,8H,2,5-7H2,1H3,(H2,16,18). The molecule has 5 heteroatoms. The van der Waals surface area contributed by atoms with Crippen LogP contribution in [-0.2, 0) is 0 Å². The lowest BCUT2D eigenvalue weighted by Crippen LogP contribution is -2.21. The molecule has 1 aliphatic rings. The first-order valence-electron chi connectivity index (χ1n) is 6.07. The first-order valence-corrected chi connectivity index (χ1v) is 7.27. The molecular weight excluding hydrogens is 315 g/mol. The predicted octanol–water partition coefficient (Wildman–Crippen LogP) is 3.46. The van der Waals surface area contributed by atoms with Crippen molar-refractivity contribution < 1.29 is 4.39 Å². The van der Waals surface area contributed by atoms with Gasteiger partial charge in [0.05, 0.1) is 10.2 Å². The van der Waals surface area contributed by atoms with Crippen molar-refractivity contribution in [3.63, 3.8) is 0 Å². The Morgan fingerprint density at radius 2 is 2.33 bits per heavy atom. The van der Waals surface area contributed by atoms with Crippen LogP contribution in [0, 0.1) is 11.7 Å². The van der Waals surface area contributed by atoms with Crippen LogP contribution >= 0.6 is 28.1 Å². The number of rotatable bonds is 3. The molecule has 0 aliphatic carbocycles. The van der Waals surface area contributed by atoms with Gasteiger partial charge in [-0.15, -0.1) is 0 Å². The third-order valence-electron chi connectivity index (χ3n) is 3.53. The first-order chi connectivity index (χ1) is 8.54. The highest BCUT2D eigenvalue weighted by molar-refractivity contribution is 9.10. The zero-order valence-electron chi connectivity index (χ0n) is 10.2. The van der Waals surface area contributed by atoms with Crippen LogP contribution in [0.1, 0.15) is 25.3 Å². The highest BCUT2D eigenvalue weighted by atomic mass is 79.9. The van der Waals surface area contributed by atoms with Crippen LogP contribution in [0.5, 0.6) is 0 Å². The van der Waals surface area contributed by atoms with Gasteiger partial charge in [0.2, 0.25) is 0 Å². The molecule has 18 heavy (non-hydrogen) atoms. The van der Waals surface area contributed by atoms with Gasteiger partial charge in [-0.1, -0.05) is 25.6 Å². The summed E-state index contributed by atoms with van der Waals surface area (Å²) in [6.07, 6.45) is 2.27. The zero-order valence-corrected chi connectivity index (χ0v) is 12.7. The van der Waals surface area contributed by atoms with Gasteiger partial charge in [0.1, 0.15) is 4.99 Å². The van der Waals surface area contributed by atoms with E-state index in [4.69, 9.17) is 18.0 Å².